The highest BCUT2D eigenvalue weighted by molar-refractivity contribution is 7.15. The summed E-state index contributed by atoms with van der Waals surface area (Å²) < 4.78 is 25.0. The quantitative estimate of drug-likeness (QED) is 0.0478. The Labute approximate surface area is 410 Å². The Balaban J connectivity index is 0.721. The standard InChI is InChI=1S/C51H56ClN9O7S/c1-6-30(2)54-50(64)48-40(35-9-17-41-36(27-35)28-44(62)56-41)16-18-43(58-48)53-19-20-65-21-22-66-23-24-67-25-26-68-39-14-12-38(13-15-39)55-45(63)29-42-49-60-59-33(5)61(49)51-46(31(3)32(4)69-51)47(57-42)34-7-10-37(52)11-8-34/h7-18,27,30,42H,6,19-26,28-29H2,1-5H3,(H,53,58)(H,54,64)(H,55,63)(H,56,62)/t30?,42-/m0/s1. The van der Waals surface area contributed by atoms with E-state index in [1.165, 1.54) is 4.88 Å². The van der Waals surface area contributed by atoms with Crippen molar-refractivity contribution in [2.24, 2.45) is 4.99 Å². The first-order chi connectivity index (χ1) is 33.4. The number of nitrogens with one attached hydrogen (secondary N) is 4. The van der Waals surface area contributed by atoms with Gasteiger partial charge in [-0.15, -0.1) is 21.5 Å². The third-order valence-electron chi connectivity index (χ3n) is 11.8. The highest BCUT2D eigenvalue weighted by atomic mass is 35.5. The number of aromatic nitrogens is 4. The number of ether oxygens (including phenoxy) is 4. The second kappa shape index (κ2) is 22.7. The second-order valence-corrected chi connectivity index (χ2v) is 18.4. The number of carbonyl (C=O) groups is 3. The average molecular weight is 975 g/mol. The van der Waals surface area contributed by atoms with E-state index in [9.17, 15) is 14.4 Å². The topological polar surface area (TPSA) is 192 Å². The first kappa shape index (κ1) is 48.9. The Morgan fingerprint density at radius 2 is 1.59 bits per heavy atom. The largest absolute Gasteiger partial charge is 0.491 e. The lowest BCUT2D eigenvalue weighted by molar-refractivity contribution is -0.117. The van der Waals surface area contributed by atoms with Crippen LogP contribution in [0.15, 0.2) is 83.9 Å². The molecule has 2 aliphatic heterocycles. The number of pyridine rings is 1. The summed E-state index contributed by atoms with van der Waals surface area (Å²) in [5, 5.41) is 22.6. The summed E-state index contributed by atoms with van der Waals surface area (Å²) in [6.45, 7) is 13.3. The molecule has 3 amide bonds. The van der Waals surface area contributed by atoms with Crippen molar-refractivity contribution in [2.75, 3.05) is 68.7 Å². The highest BCUT2D eigenvalue weighted by Gasteiger charge is 2.32. The maximum atomic E-state index is 13.5. The maximum Gasteiger partial charge on any atom is 0.270 e. The number of hydrogen-bond donors (Lipinski definition) is 4. The molecule has 0 saturated carbocycles. The SMILES string of the molecule is CCC(C)NC(=O)c1nc(NCCOCCOCCOCCOc2ccc(NC(=O)C[C@@H]3N=C(c4ccc(Cl)cc4)c4c(sc(C)c4C)-n4c(C)nnc43)cc2)ccc1-c1ccc2c(c1)CC(=O)N2. The van der Waals surface area contributed by atoms with Crippen molar-refractivity contribution in [3.8, 4) is 21.9 Å². The number of amides is 3. The zero-order valence-corrected chi connectivity index (χ0v) is 40.9. The molecule has 0 fully saturated rings. The van der Waals surface area contributed by atoms with E-state index in [2.05, 4.69) is 50.3 Å². The van der Waals surface area contributed by atoms with Crippen LogP contribution in [0.1, 0.15) is 82.0 Å². The van der Waals surface area contributed by atoms with Gasteiger partial charge in [0.05, 0.1) is 58.2 Å². The van der Waals surface area contributed by atoms with Crippen LogP contribution >= 0.6 is 22.9 Å². The fraction of sp³-hybridized carbons (Fsp3) is 0.353. The van der Waals surface area contributed by atoms with Crippen molar-refractivity contribution < 1.29 is 33.3 Å². The van der Waals surface area contributed by atoms with Crippen molar-refractivity contribution in [3.05, 3.63) is 128 Å². The van der Waals surface area contributed by atoms with Gasteiger partial charge in [-0.3, -0.25) is 23.9 Å². The lowest BCUT2D eigenvalue weighted by Crippen LogP contribution is -2.33. The minimum Gasteiger partial charge on any atom is -0.491 e. The predicted octanol–water partition coefficient (Wildman–Crippen LogP) is 8.45. The average Bonchev–Trinajstić information content (AvgIpc) is 3.98. The van der Waals surface area contributed by atoms with E-state index in [-0.39, 0.29) is 30.2 Å². The minimum absolute atomic E-state index is 0.0129. The molecule has 8 rings (SSSR count). The third-order valence-corrected chi connectivity index (χ3v) is 13.3. The summed E-state index contributed by atoms with van der Waals surface area (Å²) in [7, 11) is 0. The van der Waals surface area contributed by atoms with E-state index >= 15 is 0 Å². The van der Waals surface area contributed by atoms with Crippen LogP contribution in [0.3, 0.4) is 0 Å². The number of carbonyl (C=O) groups excluding carboxylic acids is 3. The molecule has 2 atom stereocenters. The number of rotatable bonds is 22. The van der Waals surface area contributed by atoms with Crippen molar-refractivity contribution in [1.82, 2.24) is 25.1 Å². The predicted molar refractivity (Wildman–Crippen MR) is 269 cm³/mol. The molecule has 5 heterocycles. The molecule has 360 valence electrons. The van der Waals surface area contributed by atoms with E-state index in [1.807, 2.05) is 79.9 Å². The fourth-order valence-electron chi connectivity index (χ4n) is 7.92. The van der Waals surface area contributed by atoms with Gasteiger partial charge < -0.3 is 40.2 Å². The van der Waals surface area contributed by atoms with Gasteiger partial charge in [0.15, 0.2) is 5.82 Å². The van der Waals surface area contributed by atoms with Crippen molar-refractivity contribution in [1.29, 1.82) is 0 Å². The van der Waals surface area contributed by atoms with Crippen LogP contribution < -0.4 is 26.0 Å². The Morgan fingerprint density at radius 3 is 2.33 bits per heavy atom. The van der Waals surface area contributed by atoms with Crippen molar-refractivity contribution in [3.63, 3.8) is 0 Å². The normalized spacial score (nSPS) is 14.2. The number of hydrogen-bond acceptors (Lipinski definition) is 13. The van der Waals surface area contributed by atoms with Crippen LogP contribution in [-0.4, -0.2) is 102 Å². The summed E-state index contributed by atoms with van der Waals surface area (Å²) >= 11 is 7.92. The number of halogens is 1. The van der Waals surface area contributed by atoms with Gasteiger partial charge in [-0.1, -0.05) is 36.7 Å². The molecular formula is C51H56ClN9O7S. The van der Waals surface area contributed by atoms with E-state index in [0.29, 0.717) is 98.6 Å². The molecule has 1 unspecified atom stereocenters. The second-order valence-electron chi connectivity index (χ2n) is 16.8. The molecule has 4 N–H and O–H groups in total. The molecule has 3 aromatic carbocycles. The fourth-order valence-corrected chi connectivity index (χ4v) is 9.26. The van der Waals surface area contributed by atoms with Crippen LogP contribution in [-0.2, 0) is 30.2 Å². The van der Waals surface area contributed by atoms with Crippen molar-refractivity contribution in [2.45, 2.75) is 66.0 Å². The van der Waals surface area contributed by atoms with Crippen LogP contribution in [0.5, 0.6) is 5.75 Å². The van der Waals surface area contributed by atoms with Gasteiger partial charge in [-0.05, 0) is 111 Å². The number of benzene rings is 3. The summed E-state index contributed by atoms with van der Waals surface area (Å²) in [4.78, 5) is 49.8. The van der Waals surface area contributed by atoms with E-state index in [1.54, 1.807) is 35.6 Å². The lowest BCUT2D eigenvalue weighted by Gasteiger charge is -2.16. The molecule has 0 aliphatic carbocycles. The zero-order chi connectivity index (χ0) is 48.4. The van der Waals surface area contributed by atoms with Gasteiger partial charge in [0.25, 0.3) is 5.91 Å². The van der Waals surface area contributed by atoms with Gasteiger partial charge >= 0.3 is 0 Å². The molecule has 18 heteroatoms. The first-order valence-electron chi connectivity index (χ1n) is 23.1. The number of aryl methyl sites for hydroxylation is 2. The van der Waals surface area contributed by atoms with Crippen molar-refractivity contribution >= 4 is 63.6 Å². The number of nitrogens with zero attached hydrogens (tertiary/aromatic N) is 5. The van der Waals surface area contributed by atoms with Gasteiger partial charge in [0.2, 0.25) is 11.8 Å². The smallest absolute Gasteiger partial charge is 0.270 e. The zero-order valence-electron chi connectivity index (χ0n) is 39.3. The third kappa shape index (κ3) is 12.0. The molecule has 3 aromatic heterocycles. The summed E-state index contributed by atoms with van der Waals surface area (Å²) in [6, 6.07) is 23.6. The minimum atomic E-state index is -0.580. The van der Waals surface area contributed by atoms with Gasteiger partial charge in [0.1, 0.15) is 40.7 Å². The van der Waals surface area contributed by atoms with Crippen LogP contribution in [0, 0.1) is 20.8 Å². The first-order valence-corrected chi connectivity index (χ1v) is 24.3. The number of anilines is 3. The van der Waals surface area contributed by atoms with Gasteiger partial charge in [-0.2, -0.15) is 0 Å². The van der Waals surface area contributed by atoms with Gasteiger partial charge in [-0.25, -0.2) is 4.98 Å². The summed E-state index contributed by atoms with van der Waals surface area (Å²) in [5.41, 5.74) is 7.98. The molecule has 0 bridgehead atoms. The van der Waals surface area contributed by atoms with Gasteiger partial charge in [0, 0.05) is 50.6 Å². The number of aliphatic imine (C=N–C) groups is 1. The molecule has 2 aliphatic rings. The molecule has 0 spiro atoms. The molecule has 69 heavy (non-hydrogen) atoms. The van der Waals surface area contributed by atoms with Crippen LogP contribution in [0.25, 0.3) is 16.1 Å². The number of thiophene rings is 1. The molecular weight excluding hydrogens is 918 g/mol. The molecule has 6 aromatic rings. The Kier molecular flexibility index (Phi) is 16.1. The summed E-state index contributed by atoms with van der Waals surface area (Å²) in [5.74, 6) is 2.04. The Bertz CT molecular complexity index is 2830. The molecule has 0 saturated heterocycles. The van der Waals surface area contributed by atoms with E-state index in [0.717, 1.165) is 56.5 Å². The number of fused-ring (bicyclic) bond motifs is 4. The molecule has 0 radical (unpaired) electrons. The van der Waals surface area contributed by atoms with Crippen LogP contribution in [0.2, 0.25) is 5.02 Å². The monoisotopic (exact) mass is 973 g/mol. The molecule has 16 nitrogen and oxygen atoms in total. The summed E-state index contributed by atoms with van der Waals surface area (Å²) in [6.07, 6.45) is 1.16. The lowest BCUT2D eigenvalue weighted by atomic mass is 9.99. The van der Waals surface area contributed by atoms with E-state index < -0.39 is 6.04 Å². The maximum absolute atomic E-state index is 13.5. The van der Waals surface area contributed by atoms with Crippen LogP contribution in [0.4, 0.5) is 17.2 Å². The Morgan fingerprint density at radius 1 is 0.884 bits per heavy atom. The van der Waals surface area contributed by atoms with E-state index in [4.69, 9.17) is 35.5 Å². The highest BCUT2D eigenvalue weighted by Crippen LogP contribution is 2.40. The Hall–Kier alpha value is -6.50.